The van der Waals surface area contributed by atoms with Crippen LogP contribution in [0.2, 0.25) is 0 Å². The maximum atomic E-state index is 9.96. The van der Waals surface area contributed by atoms with Gasteiger partial charge in [-0.15, -0.1) is 0 Å². The average molecular weight is 227 g/mol. The summed E-state index contributed by atoms with van der Waals surface area (Å²) in [5, 5.41) is 9.96. The lowest BCUT2D eigenvalue weighted by Crippen LogP contribution is -2.36. The van der Waals surface area contributed by atoms with Crippen LogP contribution in [0.15, 0.2) is 0 Å². The van der Waals surface area contributed by atoms with Crippen LogP contribution in [-0.2, 0) is 0 Å². The van der Waals surface area contributed by atoms with E-state index in [1.54, 1.807) is 0 Å². The number of likely N-dealkylation sites (tertiary alicyclic amines) is 1. The topological polar surface area (TPSA) is 23.5 Å². The monoisotopic (exact) mass is 227 g/mol. The summed E-state index contributed by atoms with van der Waals surface area (Å²) in [6, 6.07) is 0. The summed E-state index contributed by atoms with van der Waals surface area (Å²) in [6.45, 7) is 10.1. The van der Waals surface area contributed by atoms with Gasteiger partial charge in [0.1, 0.15) is 0 Å². The molecular formula is C14H29NO. The highest BCUT2D eigenvalue weighted by Gasteiger charge is 2.15. The number of nitrogens with zero attached hydrogens (tertiary/aromatic N) is 1. The lowest BCUT2D eigenvalue weighted by molar-refractivity contribution is 0.0906. The molecule has 0 saturated carbocycles. The molecule has 1 saturated heterocycles. The van der Waals surface area contributed by atoms with E-state index in [4.69, 9.17) is 0 Å². The van der Waals surface area contributed by atoms with Crippen LogP contribution >= 0.6 is 0 Å². The molecule has 1 aliphatic rings. The molecule has 1 N–H and O–H groups in total. The lowest BCUT2D eigenvalue weighted by Gasteiger charge is -2.28. The second-order valence-corrected chi connectivity index (χ2v) is 6.47. The zero-order chi connectivity index (χ0) is 12.0. The minimum atomic E-state index is -0.111. The second-order valence-electron chi connectivity index (χ2n) is 6.47. The summed E-state index contributed by atoms with van der Waals surface area (Å²) in [5.41, 5.74) is 0.408. The summed E-state index contributed by atoms with van der Waals surface area (Å²) in [7, 11) is 0. The van der Waals surface area contributed by atoms with Gasteiger partial charge in [-0.05, 0) is 44.2 Å². The van der Waals surface area contributed by atoms with Crippen molar-refractivity contribution in [2.45, 2.75) is 65.4 Å². The van der Waals surface area contributed by atoms with E-state index in [1.807, 2.05) is 0 Å². The third-order valence-corrected chi connectivity index (χ3v) is 3.38. The first kappa shape index (κ1) is 14.0. The molecule has 2 heteroatoms. The van der Waals surface area contributed by atoms with Crippen molar-refractivity contribution < 1.29 is 5.11 Å². The van der Waals surface area contributed by atoms with Crippen LogP contribution in [0, 0.1) is 5.41 Å². The van der Waals surface area contributed by atoms with E-state index in [9.17, 15) is 5.11 Å². The number of piperidine rings is 1. The maximum absolute atomic E-state index is 9.96. The highest BCUT2D eigenvalue weighted by atomic mass is 16.3. The first-order chi connectivity index (χ1) is 7.47. The van der Waals surface area contributed by atoms with Gasteiger partial charge in [0.2, 0.25) is 0 Å². The first-order valence-electron chi connectivity index (χ1n) is 6.88. The fourth-order valence-corrected chi connectivity index (χ4v) is 2.40. The first-order valence-corrected chi connectivity index (χ1v) is 6.88. The van der Waals surface area contributed by atoms with Gasteiger partial charge in [0.25, 0.3) is 0 Å². The Morgan fingerprint density at radius 2 is 1.75 bits per heavy atom. The molecule has 1 atom stereocenters. The Labute approximate surface area is 101 Å². The van der Waals surface area contributed by atoms with Crippen LogP contribution in [0.3, 0.4) is 0 Å². The fourth-order valence-electron chi connectivity index (χ4n) is 2.40. The van der Waals surface area contributed by atoms with Crippen molar-refractivity contribution in [3.8, 4) is 0 Å². The molecule has 1 rings (SSSR count). The van der Waals surface area contributed by atoms with Crippen LogP contribution in [-0.4, -0.2) is 35.7 Å². The molecule has 96 valence electrons. The average Bonchev–Trinajstić information content (AvgIpc) is 2.17. The van der Waals surface area contributed by atoms with Gasteiger partial charge in [0.15, 0.2) is 0 Å². The van der Waals surface area contributed by atoms with Crippen molar-refractivity contribution in [2.24, 2.45) is 5.41 Å². The zero-order valence-corrected chi connectivity index (χ0v) is 11.3. The number of aliphatic hydroxyl groups is 1. The second kappa shape index (κ2) is 6.61. The molecule has 0 aromatic rings. The molecule has 16 heavy (non-hydrogen) atoms. The van der Waals surface area contributed by atoms with Crippen LogP contribution in [0.25, 0.3) is 0 Å². The molecule has 0 bridgehead atoms. The third kappa shape index (κ3) is 6.49. The van der Waals surface area contributed by atoms with Crippen molar-refractivity contribution in [3.63, 3.8) is 0 Å². The van der Waals surface area contributed by atoms with E-state index in [-0.39, 0.29) is 6.10 Å². The molecule has 0 amide bonds. The number of β-amino-alcohol motifs (C(OH)–C–C–N with tert-alkyl or cyclic N) is 1. The Hall–Kier alpha value is -0.0800. The molecule has 0 aromatic heterocycles. The minimum Gasteiger partial charge on any atom is -0.392 e. The van der Waals surface area contributed by atoms with Crippen molar-refractivity contribution in [1.29, 1.82) is 0 Å². The van der Waals surface area contributed by atoms with Crippen LogP contribution in [0.1, 0.15) is 59.3 Å². The molecule has 2 nitrogen and oxygen atoms in total. The summed E-state index contributed by atoms with van der Waals surface area (Å²) >= 11 is 0. The van der Waals surface area contributed by atoms with Crippen molar-refractivity contribution in [2.75, 3.05) is 19.6 Å². The number of hydrogen-bond donors (Lipinski definition) is 1. The van der Waals surface area contributed by atoms with Crippen molar-refractivity contribution in [1.82, 2.24) is 4.90 Å². The Morgan fingerprint density at radius 3 is 2.31 bits per heavy atom. The predicted octanol–water partition coefficient (Wildman–Crippen LogP) is 3.05. The molecule has 0 spiro atoms. The van der Waals surface area contributed by atoms with E-state index < -0.39 is 0 Å². The molecular weight excluding hydrogens is 198 g/mol. The molecule has 0 aromatic carbocycles. The van der Waals surface area contributed by atoms with E-state index in [2.05, 4.69) is 25.7 Å². The van der Waals surface area contributed by atoms with Crippen molar-refractivity contribution >= 4 is 0 Å². The number of rotatable bonds is 5. The molecule has 1 fully saturated rings. The van der Waals surface area contributed by atoms with Crippen LogP contribution in [0.5, 0.6) is 0 Å². The van der Waals surface area contributed by atoms with Gasteiger partial charge in [-0.1, -0.05) is 33.6 Å². The highest BCUT2D eigenvalue weighted by Crippen LogP contribution is 2.22. The molecule has 0 aliphatic carbocycles. The third-order valence-electron chi connectivity index (χ3n) is 3.38. The van der Waals surface area contributed by atoms with Crippen molar-refractivity contribution in [3.05, 3.63) is 0 Å². The Kier molecular flexibility index (Phi) is 5.77. The van der Waals surface area contributed by atoms with Crippen LogP contribution in [0.4, 0.5) is 0 Å². The summed E-state index contributed by atoms with van der Waals surface area (Å²) in [6.07, 6.45) is 7.22. The predicted molar refractivity (Wildman–Crippen MR) is 69.6 cm³/mol. The maximum Gasteiger partial charge on any atom is 0.0667 e. The standard InChI is InChI=1S/C14H29NO/c1-14(2,3)9-7-8-13(16)12-15-10-5-4-6-11-15/h13,16H,4-12H2,1-3H3/t13-/m1/s1. The van der Waals surface area contributed by atoms with Gasteiger partial charge in [0.05, 0.1) is 6.10 Å². The normalized spacial score (nSPS) is 21.0. The van der Waals surface area contributed by atoms with Gasteiger partial charge >= 0.3 is 0 Å². The summed E-state index contributed by atoms with van der Waals surface area (Å²) in [4.78, 5) is 2.42. The minimum absolute atomic E-state index is 0.111. The Balaban J connectivity index is 2.08. The molecule has 1 aliphatic heterocycles. The molecule has 1 heterocycles. The van der Waals surface area contributed by atoms with Gasteiger partial charge in [0, 0.05) is 6.54 Å². The van der Waals surface area contributed by atoms with Gasteiger partial charge < -0.3 is 10.0 Å². The summed E-state index contributed by atoms with van der Waals surface area (Å²) in [5.74, 6) is 0. The van der Waals surface area contributed by atoms with E-state index in [0.717, 1.165) is 19.4 Å². The Morgan fingerprint density at radius 1 is 1.12 bits per heavy atom. The van der Waals surface area contributed by atoms with Gasteiger partial charge in [-0.2, -0.15) is 0 Å². The Bertz CT molecular complexity index is 180. The smallest absolute Gasteiger partial charge is 0.0667 e. The fraction of sp³-hybridized carbons (Fsp3) is 1.00. The van der Waals surface area contributed by atoms with E-state index in [1.165, 1.54) is 38.8 Å². The van der Waals surface area contributed by atoms with E-state index >= 15 is 0 Å². The number of aliphatic hydroxyl groups excluding tert-OH is 1. The molecule has 0 radical (unpaired) electrons. The van der Waals surface area contributed by atoms with Crippen LogP contribution < -0.4 is 0 Å². The van der Waals surface area contributed by atoms with Gasteiger partial charge in [-0.3, -0.25) is 0 Å². The summed E-state index contributed by atoms with van der Waals surface area (Å²) < 4.78 is 0. The zero-order valence-electron chi connectivity index (χ0n) is 11.3. The molecule has 0 unspecified atom stereocenters. The highest BCUT2D eigenvalue weighted by molar-refractivity contribution is 4.70. The quantitative estimate of drug-likeness (QED) is 0.780. The number of hydrogen-bond acceptors (Lipinski definition) is 2. The SMILES string of the molecule is CC(C)(C)CCC[C@@H](O)CN1CCCCC1. The largest absolute Gasteiger partial charge is 0.392 e. The van der Waals surface area contributed by atoms with E-state index in [0.29, 0.717) is 5.41 Å². The van der Waals surface area contributed by atoms with Gasteiger partial charge in [-0.25, -0.2) is 0 Å². The lowest BCUT2D eigenvalue weighted by atomic mass is 9.89.